The van der Waals surface area contributed by atoms with Gasteiger partial charge in [-0.3, -0.25) is 9.69 Å². The first kappa shape index (κ1) is 22.4. The van der Waals surface area contributed by atoms with Crippen molar-refractivity contribution in [1.82, 2.24) is 4.90 Å². The molecule has 0 bridgehead atoms. The van der Waals surface area contributed by atoms with Crippen molar-refractivity contribution in [2.45, 2.75) is 52.6 Å². The third-order valence-corrected chi connectivity index (χ3v) is 6.82. The molecule has 0 fully saturated rings. The van der Waals surface area contributed by atoms with E-state index in [1.54, 1.807) is 44.0 Å². The lowest BCUT2D eigenvalue weighted by Crippen LogP contribution is -2.39. The van der Waals surface area contributed by atoms with Gasteiger partial charge in [0.25, 0.3) is 0 Å². The number of halogens is 1. The lowest BCUT2D eigenvalue weighted by molar-refractivity contribution is -0.120. The molecule has 5 nitrogen and oxygen atoms in total. The molecule has 1 heterocycles. The highest BCUT2D eigenvalue weighted by Gasteiger charge is 2.30. The zero-order valence-corrected chi connectivity index (χ0v) is 18.8. The van der Waals surface area contributed by atoms with E-state index in [2.05, 4.69) is 12.2 Å². The van der Waals surface area contributed by atoms with Crippen molar-refractivity contribution in [3.05, 3.63) is 51.7 Å². The topological polar surface area (TPSA) is 58.6 Å². The number of carbonyl (C=O) groups excluding carboxylic acids is 2. The summed E-state index contributed by atoms with van der Waals surface area (Å²) in [6.45, 7) is 6.34. The van der Waals surface area contributed by atoms with Crippen molar-refractivity contribution in [3.8, 4) is 0 Å². The Morgan fingerprint density at radius 1 is 1.37 bits per heavy atom. The number of hydrogen-bond donors (Lipinski definition) is 1. The minimum absolute atomic E-state index is 0.231. The van der Waals surface area contributed by atoms with Crippen LogP contribution in [0.3, 0.4) is 0 Å². The number of anilines is 1. The summed E-state index contributed by atoms with van der Waals surface area (Å²) in [5.41, 5.74) is 2.05. The molecule has 1 aliphatic carbocycles. The minimum atomic E-state index is -0.502. The third-order valence-electron chi connectivity index (χ3n) is 5.65. The monoisotopic (exact) mass is 432 g/mol. The summed E-state index contributed by atoms with van der Waals surface area (Å²) >= 11 is 1.47. The molecule has 0 saturated carbocycles. The van der Waals surface area contributed by atoms with Crippen LogP contribution in [-0.2, 0) is 28.9 Å². The fourth-order valence-electron chi connectivity index (χ4n) is 3.71. The zero-order valence-electron chi connectivity index (χ0n) is 18.0. The Kier molecular flexibility index (Phi) is 7.26. The number of thiophene rings is 1. The largest absolute Gasteiger partial charge is 0.462 e. The Labute approximate surface area is 181 Å². The van der Waals surface area contributed by atoms with Gasteiger partial charge in [0.15, 0.2) is 0 Å². The number of rotatable bonds is 7. The number of hydrogen-bond acceptors (Lipinski definition) is 5. The standard InChI is InChI=1S/C23H29FN2O3S/c1-5-29-23(28)20-17-11-10-14(2)12-19(17)30-22(20)25-21(27)15(3)26(4)13-16-8-6-7-9-18(16)24/h6-9,14-15H,5,10-13H2,1-4H3,(H,25,27)/t14-,15-/m0/s1. The van der Waals surface area contributed by atoms with E-state index in [1.807, 2.05) is 0 Å². The maximum absolute atomic E-state index is 14.0. The number of nitrogens with one attached hydrogen (secondary N) is 1. The van der Waals surface area contributed by atoms with Gasteiger partial charge >= 0.3 is 5.97 Å². The van der Waals surface area contributed by atoms with Crippen molar-refractivity contribution >= 4 is 28.2 Å². The number of fused-ring (bicyclic) bond motifs is 1. The summed E-state index contributed by atoms with van der Waals surface area (Å²) < 4.78 is 19.2. The first-order chi connectivity index (χ1) is 14.3. The molecule has 0 spiro atoms. The molecule has 0 saturated heterocycles. The van der Waals surface area contributed by atoms with Crippen LogP contribution in [0.4, 0.5) is 9.39 Å². The van der Waals surface area contributed by atoms with E-state index in [1.165, 1.54) is 17.4 Å². The molecule has 0 radical (unpaired) electrons. The van der Waals surface area contributed by atoms with Gasteiger partial charge in [0.1, 0.15) is 10.8 Å². The van der Waals surface area contributed by atoms with Crippen LogP contribution in [0.15, 0.2) is 24.3 Å². The van der Waals surface area contributed by atoms with Crippen LogP contribution in [-0.4, -0.2) is 36.5 Å². The predicted octanol–water partition coefficient (Wildman–Crippen LogP) is 4.65. The van der Waals surface area contributed by atoms with E-state index >= 15 is 0 Å². The number of benzene rings is 1. The van der Waals surface area contributed by atoms with Crippen LogP contribution in [0.5, 0.6) is 0 Å². The number of esters is 1. The van der Waals surface area contributed by atoms with E-state index in [9.17, 15) is 14.0 Å². The van der Waals surface area contributed by atoms with Crippen LogP contribution in [0.25, 0.3) is 0 Å². The molecular weight excluding hydrogens is 403 g/mol. The number of carbonyl (C=O) groups is 2. The number of likely N-dealkylation sites (N-methyl/N-ethyl adjacent to an activating group) is 1. The molecule has 0 unspecified atom stereocenters. The normalized spacial score (nSPS) is 16.8. The van der Waals surface area contributed by atoms with Crippen LogP contribution >= 0.6 is 11.3 Å². The Balaban J connectivity index is 1.78. The van der Waals surface area contributed by atoms with Crippen molar-refractivity contribution in [1.29, 1.82) is 0 Å². The molecular formula is C23H29FN2O3S. The van der Waals surface area contributed by atoms with Gasteiger partial charge in [-0.1, -0.05) is 25.1 Å². The quantitative estimate of drug-likeness (QED) is 0.647. The van der Waals surface area contributed by atoms with E-state index < -0.39 is 6.04 Å². The van der Waals surface area contributed by atoms with E-state index in [4.69, 9.17) is 4.74 Å². The highest BCUT2D eigenvalue weighted by atomic mass is 32.1. The second kappa shape index (κ2) is 9.71. The molecule has 1 N–H and O–H groups in total. The SMILES string of the molecule is CCOC(=O)c1c(NC(=O)[C@H](C)N(C)Cc2ccccc2F)sc2c1CC[C@H](C)C2. The van der Waals surface area contributed by atoms with Gasteiger partial charge in [0.05, 0.1) is 18.2 Å². The molecule has 1 aromatic heterocycles. The van der Waals surface area contributed by atoms with E-state index in [-0.39, 0.29) is 24.3 Å². The molecule has 1 aliphatic rings. The summed E-state index contributed by atoms with van der Waals surface area (Å²) in [6.07, 6.45) is 2.75. The highest BCUT2D eigenvalue weighted by molar-refractivity contribution is 7.17. The maximum atomic E-state index is 14.0. The van der Waals surface area contributed by atoms with E-state index in [0.717, 1.165) is 29.7 Å². The number of ether oxygens (including phenoxy) is 1. The van der Waals surface area contributed by atoms with Crippen LogP contribution in [0, 0.1) is 11.7 Å². The fraction of sp³-hybridized carbons (Fsp3) is 0.478. The molecule has 1 amide bonds. The second-order valence-corrected chi connectivity index (χ2v) is 9.05. The van der Waals surface area contributed by atoms with Crippen molar-refractivity contribution in [3.63, 3.8) is 0 Å². The first-order valence-corrected chi connectivity index (χ1v) is 11.2. The van der Waals surface area contributed by atoms with Gasteiger partial charge in [-0.15, -0.1) is 11.3 Å². The molecule has 0 aliphatic heterocycles. The van der Waals surface area contributed by atoms with Gasteiger partial charge < -0.3 is 10.1 Å². The Hall–Kier alpha value is -2.25. The minimum Gasteiger partial charge on any atom is -0.462 e. The molecule has 2 aromatic rings. The molecule has 7 heteroatoms. The summed E-state index contributed by atoms with van der Waals surface area (Å²) in [5, 5.41) is 3.51. The molecule has 162 valence electrons. The average Bonchev–Trinajstić information content (AvgIpc) is 3.05. The molecule has 1 aromatic carbocycles. The van der Waals surface area contributed by atoms with Crippen molar-refractivity contribution in [2.75, 3.05) is 19.0 Å². The Morgan fingerprint density at radius 2 is 2.10 bits per heavy atom. The van der Waals surface area contributed by atoms with Gasteiger partial charge in [-0.05, 0) is 57.7 Å². The highest BCUT2D eigenvalue weighted by Crippen LogP contribution is 2.40. The summed E-state index contributed by atoms with van der Waals surface area (Å²) in [6, 6.07) is 6.05. The summed E-state index contributed by atoms with van der Waals surface area (Å²) in [4.78, 5) is 28.5. The Morgan fingerprint density at radius 3 is 2.80 bits per heavy atom. The van der Waals surface area contributed by atoms with Crippen molar-refractivity contribution in [2.24, 2.45) is 5.92 Å². The van der Waals surface area contributed by atoms with Gasteiger partial charge in [-0.25, -0.2) is 9.18 Å². The van der Waals surface area contributed by atoms with Gasteiger partial charge in [0, 0.05) is 17.0 Å². The second-order valence-electron chi connectivity index (χ2n) is 7.95. The van der Waals surface area contributed by atoms with Gasteiger partial charge in [0.2, 0.25) is 5.91 Å². The number of nitrogens with zero attached hydrogens (tertiary/aromatic N) is 1. The lowest BCUT2D eigenvalue weighted by atomic mass is 9.88. The molecule has 2 atom stereocenters. The summed E-state index contributed by atoms with van der Waals surface area (Å²) in [5.74, 6) is -0.347. The fourth-order valence-corrected chi connectivity index (χ4v) is 5.11. The van der Waals surface area contributed by atoms with Gasteiger partial charge in [-0.2, -0.15) is 0 Å². The maximum Gasteiger partial charge on any atom is 0.341 e. The Bertz CT molecular complexity index is 927. The first-order valence-electron chi connectivity index (χ1n) is 10.4. The van der Waals surface area contributed by atoms with E-state index in [0.29, 0.717) is 28.6 Å². The van der Waals surface area contributed by atoms with Crippen molar-refractivity contribution < 1.29 is 18.7 Å². The lowest BCUT2D eigenvalue weighted by Gasteiger charge is -2.24. The van der Waals surface area contributed by atoms with Crippen LogP contribution in [0.2, 0.25) is 0 Å². The molecule has 30 heavy (non-hydrogen) atoms. The molecule has 3 rings (SSSR count). The third kappa shape index (κ3) is 4.90. The van der Waals surface area contributed by atoms with Crippen LogP contribution < -0.4 is 5.32 Å². The number of amides is 1. The predicted molar refractivity (Wildman–Crippen MR) is 117 cm³/mol. The van der Waals surface area contributed by atoms with Crippen LogP contribution in [0.1, 0.15) is 53.6 Å². The smallest absolute Gasteiger partial charge is 0.341 e. The zero-order chi connectivity index (χ0) is 21.8. The summed E-state index contributed by atoms with van der Waals surface area (Å²) in [7, 11) is 1.78. The average molecular weight is 433 g/mol.